The van der Waals surface area contributed by atoms with Crippen molar-refractivity contribution in [2.24, 2.45) is 10.2 Å². The smallest absolute Gasteiger partial charge is 0.0888 e. The summed E-state index contributed by atoms with van der Waals surface area (Å²) in [6.07, 6.45) is 0.975. The average Bonchev–Trinajstić information content (AvgIpc) is 2.38. The van der Waals surface area contributed by atoms with E-state index in [4.69, 9.17) is 0 Å². The Balaban J connectivity index is 2.29. The van der Waals surface area contributed by atoms with Crippen LogP contribution < -0.4 is 0 Å². The van der Waals surface area contributed by atoms with Gasteiger partial charge < -0.3 is 0 Å². The van der Waals surface area contributed by atoms with E-state index in [1.165, 1.54) is 5.56 Å². The molecule has 0 fully saturated rings. The molecule has 2 nitrogen and oxygen atoms in total. The van der Waals surface area contributed by atoms with Gasteiger partial charge in [-0.05, 0) is 36.6 Å². The van der Waals surface area contributed by atoms with Gasteiger partial charge in [0.1, 0.15) is 0 Å². The lowest BCUT2D eigenvalue weighted by molar-refractivity contribution is 1.10. The Morgan fingerprint density at radius 3 is 2.12 bits per heavy atom. The van der Waals surface area contributed by atoms with Gasteiger partial charge in [-0.3, -0.25) is 0 Å². The minimum Gasteiger partial charge on any atom is -0.150 e. The lowest BCUT2D eigenvalue weighted by atomic mass is 10.1. The fourth-order valence-electron chi connectivity index (χ4n) is 1.69. The van der Waals surface area contributed by atoms with E-state index in [9.17, 15) is 0 Å². The topological polar surface area (TPSA) is 24.7 Å². The molecular formula is C15H16N2. The normalized spacial score (nSPS) is 10.9. The summed E-state index contributed by atoms with van der Waals surface area (Å²) in [5.41, 5.74) is 4.26. The van der Waals surface area contributed by atoms with E-state index in [1.807, 2.05) is 49.4 Å². The van der Waals surface area contributed by atoms with E-state index in [0.29, 0.717) is 0 Å². The highest BCUT2D eigenvalue weighted by Gasteiger charge is 1.98. The van der Waals surface area contributed by atoms with Gasteiger partial charge in [0.05, 0.1) is 11.4 Å². The molecule has 2 rings (SSSR count). The fourth-order valence-corrected chi connectivity index (χ4v) is 1.69. The molecule has 0 spiro atoms. The Bertz CT molecular complexity index is 530. The van der Waals surface area contributed by atoms with Crippen molar-refractivity contribution in [3.05, 3.63) is 59.7 Å². The lowest BCUT2D eigenvalue weighted by Crippen LogP contribution is -1.79. The van der Waals surface area contributed by atoms with E-state index in [-0.39, 0.29) is 0 Å². The quantitative estimate of drug-likeness (QED) is 0.657. The van der Waals surface area contributed by atoms with E-state index in [0.717, 1.165) is 23.4 Å². The van der Waals surface area contributed by atoms with Crippen molar-refractivity contribution in [1.82, 2.24) is 0 Å². The first-order valence-electron chi connectivity index (χ1n) is 5.86. The molecule has 0 aromatic heterocycles. The summed E-state index contributed by atoms with van der Waals surface area (Å²) >= 11 is 0. The van der Waals surface area contributed by atoms with Gasteiger partial charge >= 0.3 is 0 Å². The minimum absolute atomic E-state index is 0.929. The molecule has 0 radical (unpaired) electrons. The molecule has 0 amide bonds. The second-order valence-electron chi connectivity index (χ2n) is 3.97. The van der Waals surface area contributed by atoms with Gasteiger partial charge in [0.2, 0.25) is 0 Å². The summed E-state index contributed by atoms with van der Waals surface area (Å²) in [4.78, 5) is 0. The van der Waals surface area contributed by atoms with Crippen molar-refractivity contribution in [2.45, 2.75) is 20.3 Å². The summed E-state index contributed by atoms with van der Waals surface area (Å²) < 4.78 is 0. The van der Waals surface area contributed by atoms with Crippen molar-refractivity contribution in [1.29, 1.82) is 0 Å². The second-order valence-corrected chi connectivity index (χ2v) is 3.97. The minimum atomic E-state index is 0.929. The van der Waals surface area contributed by atoms with Crippen LogP contribution in [0.3, 0.4) is 0 Å². The largest absolute Gasteiger partial charge is 0.150 e. The summed E-state index contributed by atoms with van der Waals surface area (Å²) in [7, 11) is 0. The van der Waals surface area contributed by atoms with E-state index in [2.05, 4.69) is 23.2 Å². The molecule has 2 aromatic carbocycles. The number of hydrogen-bond acceptors (Lipinski definition) is 2. The van der Waals surface area contributed by atoms with Crippen molar-refractivity contribution in [3.8, 4) is 0 Å². The van der Waals surface area contributed by atoms with Crippen LogP contribution in [0.4, 0.5) is 11.4 Å². The molecule has 0 heterocycles. The van der Waals surface area contributed by atoms with Gasteiger partial charge in [0, 0.05) is 0 Å². The highest BCUT2D eigenvalue weighted by Crippen LogP contribution is 2.24. The first-order valence-corrected chi connectivity index (χ1v) is 5.86. The van der Waals surface area contributed by atoms with Crippen molar-refractivity contribution < 1.29 is 0 Å². The van der Waals surface area contributed by atoms with Gasteiger partial charge in [0.25, 0.3) is 0 Å². The first-order chi connectivity index (χ1) is 8.31. The SMILES string of the molecule is CCc1ccccc1N=Nc1ccccc1C. The molecule has 0 aliphatic rings. The maximum Gasteiger partial charge on any atom is 0.0888 e. The van der Waals surface area contributed by atoms with Crippen LogP contribution >= 0.6 is 0 Å². The van der Waals surface area contributed by atoms with Crippen molar-refractivity contribution in [2.75, 3.05) is 0 Å². The number of benzene rings is 2. The number of aryl methyl sites for hydroxylation is 2. The molecule has 17 heavy (non-hydrogen) atoms. The average molecular weight is 224 g/mol. The Kier molecular flexibility index (Phi) is 3.66. The standard InChI is InChI=1S/C15H16N2/c1-3-13-9-5-7-11-15(13)17-16-14-10-6-4-8-12(14)2/h4-11H,3H2,1-2H3. The van der Waals surface area contributed by atoms with Crippen LogP contribution in [0.15, 0.2) is 58.8 Å². The van der Waals surface area contributed by atoms with Crippen LogP contribution in [-0.2, 0) is 6.42 Å². The van der Waals surface area contributed by atoms with E-state index >= 15 is 0 Å². The van der Waals surface area contributed by atoms with Crippen LogP contribution in [0.5, 0.6) is 0 Å². The lowest BCUT2D eigenvalue weighted by Gasteiger charge is -2.01. The maximum atomic E-state index is 4.33. The number of azo groups is 1. The first kappa shape index (κ1) is 11.5. The second kappa shape index (κ2) is 5.39. The highest BCUT2D eigenvalue weighted by atomic mass is 15.1. The maximum absolute atomic E-state index is 4.33. The van der Waals surface area contributed by atoms with Gasteiger partial charge in [-0.15, -0.1) is 0 Å². The molecule has 0 unspecified atom stereocenters. The van der Waals surface area contributed by atoms with Crippen LogP contribution in [0, 0.1) is 6.92 Å². The molecule has 0 saturated heterocycles. The summed E-state index contributed by atoms with van der Waals surface area (Å²) in [6.45, 7) is 4.17. The molecule has 0 atom stereocenters. The third-order valence-electron chi connectivity index (χ3n) is 2.75. The van der Waals surface area contributed by atoms with Gasteiger partial charge in [0.15, 0.2) is 0 Å². The zero-order valence-corrected chi connectivity index (χ0v) is 10.2. The van der Waals surface area contributed by atoms with Crippen LogP contribution in [0.25, 0.3) is 0 Å². The number of hydrogen-bond donors (Lipinski definition) is 0. The Morgan fingerprint density at radius 1 is 0.824 bits per heavy atom. The number of nitrogens with zero attached hydrogens (tertiary/aromatic N) is 2. The van der Waals surface area contributed by atoms with Crippen LogP contribution in [-0.4, -0.2) is 0 Å². The van der Waals surface area contributed by atoms with Gasteiger partial charge in [-0.2, -0.15) is 10.2 Å². The molecule has 0 aliphatic carbocycles. The zero-order valence-electron chi connectivity index (χ0n) is 10.2. The van der Waals surface area contributed by atoms with Crippen LogP contribution in [0.2, 0.25) is 0 Å². The van der Waals surface area contributed by atoms with Crippen molar-refractivity contribution >= 4 is 11.4 Å². The molecule has 0 saturated carbocycles. The molecular weight excluding hydrogens is 208 g/mol. The van der Waals surface area contributed by atoms with E-state index in [1.54, 1.807) is 0 Å². The van der Waals surface area contributed by atoms with Crippen molar-refractivity contribution in [3.63, 3.8) is 0 Å². The van der Waals surface area contributed by atoms with Gasteiger partial charge in [-0.25, -0.2) is 0 Å². The van der Waals surface area contributed by atoms with Crippen LogP contribution in [0.1, 0.15) is 18.1 Å². The Labute approximate surface area is 102 Å². The zero-order chi connectivity index (χ0) is 12.1. The fraction of sp³-hybridized carbons (Fsp3) is 0.200. The molecule has 0 aliphatic heterocycles. The third kappa shape index (κ3) is 2.78. The summed E-state index contributed by atoms with van der Waals surface area (Å²) in [6, 6.07) is 16.1. The summed E-state index contributed by atoms with van der Waals surface area (Å²) in [5, 5.41) is 8.64. The molecule has 2 aromatic rings. The summed E-state index contributed by atoms with van der Waals surface area (Å²) in [5.74, 6) is 0. The number of rotatable bonds is 3. The Morgan fingerprint density at radius 2 is 1.41 bits per heavy atom. The molecule has 0 bridgehead atoms. The predicted octanol–water partition coefficient (Wildman–Crippen LogP) is 4.97. The Hall–Kier alpha value is -1.96. The molecule has 86 valence electrons. The van der Waals surface area contributed by atoms with E-state index < -0.39 is 0 Å². The molecule has 0 N–H and O–H groups in total. The monoisotopic (exact) mass is 224 g/mol. The molecule has 2 heteroatoms. The third-order valence-corrected chi connectivity index (χ3v) is 2.75. The highest BCUT2D eigenvalue weighted by molar-refractivity contribution is 5.48. The predicted molar refractivity (Wildman–Crippen MR) is 71.2 cm³/mol. The van der Waals surface area contributed by atoms with Gasteiger partial charge in [-0.1, -0.05) is 43.3 Å².